The number of hydrogen-bond acceptors (Lipinski definition) is 1. The second kappa shape index (κ2) is 2.20. The molecule has 4 heteroatoms. The predicted molar refractivity (Wildman–Crippen MR) is 41.1 cm³/mol. The van der Waals surface area contributed by atoms with Gasteiger partial charge in [-0.1, -0.05) is 11.6 Å². The quantitative estimate of drug-likeness (QED) is 0.604. The SMILES string of the molecule is Fc1c[nH]c2nc(Cl)ccc12. The molecule has 0 aliphatic heterocycles. The van der Waals surface area contributed by atoms with Crippen molar-refractivity contribution in [3.8, 4) is 0 Å². The summed E-state index contributed by atoms with van der Waals surface area (Å²) in [6.07, 6.45) is 1.26. The van der Waals surface area contributed by atoms with Gasteiger partial charge < -0.3 is 4.98 Å². The highest BCUT2D eigenvalue weighted by molar-refractivity contribution is 6.29. The summed E-state index contributed by atoms with van der Waals surface area (Å²) in [5.74, 6) is -0.302. The predicted octanol–water partition coefficient (Wildman–Crippen LogP) is 2.36. The zero-order chi connectivity index (χ0) is 7.84. The first-order chi connectivity index (χ1) is 5.27. The number of aromatic amines is 1. The number of halogens is 2. The fourth-order valence-electron chi connectivity index (χ4n) is 0.948. The van der Waals surface area contributed by atoms with E-state index in [9.17, 15) is 4.39 Å². The van der Waals surface area contributed by atoms with Crippen molar-refractivity contribution in [1.82, 2.24) is 9.97 Å². The van der Waals surface area contributed by atoms with Gasteiger partial charge in [0, 0.05) is 6.20 Å². The van der Waals surface area contributed by atoms with Crippen molar-refractivity contribution in [3.05, 3.63) is 29.3 Å². The van der Waals surface area contributed by atoms with E-state index in [0.717, 1.165) is 0 Å². The number of nitrogens with zero attached hydrogens (tertiary/aromatic N) is 1. The van der Waals surface area contributed by atoms with E-state index < -0.39 is 0 Å². The zero-order valence-electron chi connectivity index (χ0n) is 5.44. The number of pyridine rings is 1. The molecule has 0 fully saturated rings. The molecule has 0 radical (unpaired) electrons. The van der Waals surface area contributed by atoms with Gasteiger partial charge >= 0.3 is 0 Å². The average molecular weight is 171 g/mol. The number of aromatic nitrogens is 2. The number of H-pyrrole nitrogens is 1. The maximum absolute atomic E-state index is 12.8. The molecule has 56 valence electrons. The molecule has 0 aliphatic rings. The fourth-order valence-corrected chi connectivity index (χ4v) is 1.10. The molecule has 0 spiro atoms. The Morgan fingerprint density at radius 3 is 3.09 bits per heavy atom. The first kappa shape index (κ1) is 6.61. The normalized spacial score (nSPS) is 10.7. The summed E-state index contributed by atoms with van der Waals surface area (Å²) in [5, 5.41) is 0.828. The molecule has 0 amide bonds. The molecule has 0 aromatic carbocycles. The molecule has 0 atom stereocenters. The molecule has 0 saturated carbocycles. The van der Waals surface area contributed by atoms with Crippen LogP contribution >= 0.6 is 11.6 Å². The van der Waals surface area contributed by atoms with Crippen molar-refractivity contribution >= 4 is 22.6 Å². The van der Waals surface area contributed by atoms with E-state index in [1.807, 2.05) is 0 Å². The molecule has 2 heterocycles. The second-order valence-corrected chi connectivity index (χ2v) is 2.55. The third kappa shape index (κ3) is 0.973. The number of rotatable bonds is 0. The highest BCUT2D eigenvalue weighted by atomic mass is 35.5. The lowest BCUT2D eigenvalue weighted by Crippen LogP contribution is -1.76. The molecule has 2 nitrogen and oxygen atoms in total. The van der Waals surface area contributed by atoms with Crippen molar-refractivity contribution in [2.24, 2.45) is 0 Å². The lowest BCUT2D eigenvalue weighted by Gasteiger charge is -1.88. The van der Waals surface area contributed by atoms with Crippen molar-refractivity contribution in [2.75, 3.05) is 0 Å². The molecule has 1 N–H and O–H groups in total. The number of fused-ring (bicyclic) bond motifs is 1. The number of hydrogen-bond donors (Lipinski definition) is 1. The largest absolute Gasteiger partial charge is 0.343 e. The first-order valence-electron chi connectivity index (χ1n) is 3.06. The third-order valence-corrected chi connectivity index (χ3v) is 1.66. The zero-order valence-corrected chi connectivity index (χ0v) is 6.19. The molecule has 0 bridgehead atoms. The Kier molecular flexibility index (Phi) is 1.32. The molecular weight excluding hydrogens is 167 g/mol. The van der Waals surface area contributed by atoms with Crippen LogP contribution in [0, 0.1) is 5.82 Å². The van der Waals surface area contributed by atoms with Crippen LogP contribution in [0.4, 0.5) is 4.39 Å². The minimum atomic E-state index is -0.302. The van der Waals surface area contributed by atoms with Gasteiger partial charge in [0.15, 0.2) is 0 Å². The maximum Gasteiger partial charge on any atom is 0.150 e. The van der Waals surface area contributed by atoms with Crippen LogP contribution in [0.25, 0.3) is 11.0 Å². The Hall–Kier alpha value is -1.09. The Bertz CT molecular complexity index is 396. The summed E-state index contributed by atoms with van der Waals surface area (Å²) in [6.45, 7) is 0. The third-order valence-electron chi connectivity index (χ3n) is 1.45. The van der Waals surface area contributed by atoms with Gasteiger partial charge in [0.2, 0.25) is 0 Å². The van der Waals surface area contributed by atoms with E-state index in [0.29, 0.717) is 16.2 Å². The minimum Gasteiger partial charge on any atom is -0.343 e. The van der Waals surface area contributed by atoms with Crippen LogP contribution in [0.5, 0.6) is 0 Å². The van der Waals surface area contributed by atoms with E-state index >= 15 is 0 Å². The maximum atomic E-state index is 12.8. The Balaban J connectivity index is 2.86. The molecule has 2 rings (SSSR count). The van der Waals surface area contributed by atoms with Gasteiger partial charge in [-0.2, -0.15) is 0 Å². The van der Waals surface area contributed by atoms with Crippen LogP contribution in [0.2, 0.25) is 5.15 Å². The smallest absolute Gasteiger partial charge is 0.150 e. The van der Waals surface area contributed by atoms with Crippen LogP contribution in [-0.4, -0.2) is 9.97 Å². The molecular formula is C7H4ClFN2. The summed E-state index contributed by atoms with van der Waals surface area (Å²) < 4.78 is 12.8. The van der Waals surface area contributed by atoms with Gasteiger partial charge in [-0.3, -0.25) is 0 Å². The lowest BCUT2D eigenvalue weighted by atomic mass is 10.3. The second-order valence-electron chi connectivity index (χ2n) is 2.17. The van der Waals surface area contributed by atoms with Crippen molar-refractivity contribution in [3.63, 3.8) is 0 Å². The first-order valence-corrected chi connectivity index (χ1v) is 3.44. The average Bonchev–Trinajstić information content (AvgIpc) is 2.32. The molecule has 0 aliphatic carbocycles. The summed E-state index contributed by atoms with van der Waals surface area (Å²) >= 11 is 5.57. The molecule has 2 aromatic heterocycles. The van der Waals surface area contributed by atoms with Crippen molar-refractivity contribution < 1.29 is 4.39 Å². The molecule has 2 aromatic rings. The van der Waals surface area contributed by atoms with Crippen LogP contribution in [0.3, 0.4) is 0 Å². The van der Waals surface area contributed by atoms with E-state index in [1.165, 1.54) is 6.20 Å². The van der Waals surface area contributed by atoms with Gasteiger partial charge in [-0.15, -0.1) is 0 Å². The lowest BCUT2D eigenvalue weighted by molar-refractivity contribution is 0.639. The van der Waals surface area contributed by atoms with Crippen molar-refractivity contribution in [1.29, 1.82) is 0 Å². The molecule has 0 unspecified atom stereocenters. The fraction of sp³-hybridized carbons (Fsp3) is 0. The minimum absolute atomic E-state index is 0.302. The van der Waals surface area contributed by atoms with Crippen LogP contribution in [-0.2, 0) is 0 Å². The summed E-state index contributed by atoms with van der Waals surface area (Å²) in [5.41, 5.74) is 0.481. The Morgan fingerprint density at radius 2 is 2.27 bits per heavy atom. The molecule has 0 saturated heterocycles. The number of nitrogens with one attached hydrogen (secondary N) is 1. The van der Waals surface area contributed by atoms with Gasteiger partial charge in [0.1, 0.15) is 16.6 Å². The summed E-state index contributed by atoms with van der Waals surface area (Å²) in [6, 6.07) is 3.15. The van der Waals surface area contributed by atoms with Gasteiger partial charge in [-0.25, -0.2) is 9.37 Å². The van der Waals surface area contributed by atoms with E-state index in [2.05, 4.69) is 9.97 Å². The Morgan fingerprint density at radius 1 is 1.45 bits per heavy atom. The monoisotopic (exact) mass is 170 g/mol. The van der Waals surface area contributed by atoms with E-state index in [1.54, 1.807) is 12.1 Å². The summed E-state index contributed by atoms with van der Waals surface area (Å²) in [4.78, 5) is 6.52. The highest BCUT2D eigenvalue weighted by Gasteiger charge is 2.02. The van der Waals surface area contributed by atoms with Crippen molar-refractivity contribution in [2.45, 2.75) is 0 Å². The Labute approximate surface area is 67.0 Å². The van der Waals surface area contributed by atoms with E-state index in [-0.39, 0.29) is 5.82 Å². The highest BCUT2D eigenvalue weighted by Crippen LogP contribution is 2.16. The van der Waals surface area contributed by atoms with Crippen LogP contribution in [0.15, 0.2) is 18.3 Å². The van der Waals surface area contributed by atoms with E-state index in [4.69, 9.17) is 11.6 Å². The van der Waals surface area contributed by atoms with Gasteiger partial charge in [0.25, 0.3) is 0 Å². The van der Waals surface area contributed by atoms with Gasteiger partial charge in [-0.05, 0) is 12.1 Å². The standard InChI is InChI=1S/C7H4ClFN2/c8-6-2-1-4-5(9)3-10-7(4)11-6/h1-3H,(H,10,11). The van der Waals surface area contributed by atoms with Gasteiger partial charge in [0.05, 0.1) is 5.39 Å². The van der Waals surface area contributed by atoms with Crippen LogP contribution in [0.1, 0.15) is 0 Å². The topological polar surface area (TPSA) is 28.7 Å². The molecule has 11 heavy (non-hydrogen) atoms. The van der Waals surface area contributed by atoms with Crippen LogP contribution < -0.4 is 0 Å². The summed E-state index contributed by atoms with van der Waals surface area (Å²) in [7, 11) is 0.